The molecule has 0 atom stereocenters. The summed E-state index contributed by atoms with van der Waals surface area (Å²) in [6, 6.07) is 14.0. The molecule has 7 heteroatoms. The highest BCUT2D eigenvalue weighted by molar-refractivity contribution is 5.78. The SMILES string of the molecule is COc1ccc(C2(CNC(=O)Cc3ccc(OC(F)F)cc3)CCOCC2)cc1. The molecule has 1 saturated heterocycles. The quantitative estimate of drug-likeness (QED) is 0.728. The lowest BCUT2D eigenvalue weighted by Crippen LogP contribution is -2.45. The molecule has 1 aliphatic rings. The molecule has 0 spiro atoms. The molecule has 1 N–H and O–H groups in total. The van der Waals surface area contributed by atoms with Gasteiger partial charge in [-0.3, -0.25) is 4.79 Å². The highest BCUT2D eigenvalue weighted by atomic mass is 19.3. The van der Waals surface area contributed by atoms with Crippen molar-refractivity contribution in [3.8, 4) is 11.5 Å². The molecule has 0 radical (unpaired) electrons. The number of rotatable bonds is 8. The van der Waals surface area contributed by atoms with Crippen LogP contribution in [0.1, 0.15) is 24.0 Å². The van der Waals surface area contributed by atoms with E-state index in [1.165, 1.54) is 12.1 Å². The molecular weight excluding hydrogens is 380 g/mol. The first-order valence-electron chi connectivity index (χ1n) is 9.53. The summed E-state index contributed by atoms with van der Waals surface area (Å²) in [7, 11) is 1.63. The van der Waals surface area contributed by atoms with Crippen molar-refractivity contribution in [3.05, 3.63) is 59.7 Å². The number of hydrogen-bond acceptors (Lipinski definition) is 4. The minimum Gasteiger partial charge on any atom is -0.497 e. The highest BCUT2D eigenvalue weighted by Crippen LogP contribution is 2.35. The van der Waals surface area contributed by atoms with Crippen LogP contribution >= 0.6 is 0 Å². The molecule has 1 aliphatic heterocycles. The zero-order valence-corrected chi connectivity index (χ0v) is 16.3. The first-order chi connectivity index (χ1) is 14.0. The van der Waals surface area contributed by atoms with Gasteiger partial charge in [-0.05, 0) is 48.2 Å². The van der Waals surface area contributed by atoms with E-state index >= 15 is 0 Å². The number of nitrogens with one attached hydrogen (secondary N) is 1. The Kier molecular flexibility index (Phi) is 7.04. The summed E-state index contributed by atoms with van der Waals surface area (Å²) in [6.45, 7) is -1.06. The van der Waals surface area contributed by atoms with Crippen LogP contribution in [-0.2, 0) is 21.4 Å². The van der Waals surface area contributed by atoms with Crippen LogP contribution in [0.4, 0.5) is 8.78 Å². The Hall–Kier alpha value is -2.67. The van der Waals surface area contributed by atoms with Crippen LogP contribution in [0.3, 0.4) is 0 Å². The zero-order chi connectivity index (χ0) is 20.7. The third-order valence-corrected chi connectivity index (χ3v) is 5.29. The van der Waals surface area contributed by atoms with E-state index in [4.69, 9.17) is 9.47 Å². The molecule has 0 bridgehead atoms. The van der Waals surface area contributed by atoms with Gasteiger partial charge in [-0.2, -0.15) is 8.78 Å². The van der Waals surface area contributed by atoms with Crippen molar-refractivity contribution < 1.29 is 27.8 Å². The molecule has 0 aliphatic carbocycles. The van der Waals surface area contributed by atoms with Crippen molar-refractivity contribution in [2.75, 3.05) is 26.9 Å². The van der Waals surface area contributed by atoms with Crippen molar-refractivity contribution in [3.63, 3.8) is 0 Å². The Labute approximate surface area is 169 Å². The summed E-state index contributed by atoms with van der Waals surface area (Å²) in [4.78, 5) is 12.5. The largest absolute Gasteiger partial charge is 0.497 e. The monoisotopic (exact) mass is 405 g/mol. The maximum atomic E-state index is 12.5. The summed E-state index contributed by atoms with van der Waals surface area (Å²) < 4.78 is 39.5. The summed E-state index contributed by atoms with van der Waals surface area (Å²) in [5, 5.41) is 3.04. The van der Waals surface area contributed by atoms with Gasteiger partial charge in [0, 0.05) is 25.2 Å². The van der Waals surface area contributed by atoms with Gasteiger partial charge >= 0.3 is 6.61 Å². The predicted molar refractivity (Wildman–Crippen MR) is 105 cm³/mol. The van der Waals surface area contributed by atoms with E-state index in [1.54, 1.807) is 19.2 Å². The summed E-state index contributed by atoms with van der Waals surface area (Å²) in [5.74, 6) is 0.746. The van der Waals surface area contributed by atoms with Gasteiger partial charge in [0.05, 0.1) is 13.5 Å². The fourth-order valence-corrected chi connectivity index (χ4v) is 3.58. The Balaban J connectivity index is 1.62. The molecule has 156 valence electrons. The molecule has 2 aromatic carbocycles. The number of methoxy groups -OCH3 is 1. The second-order valence-corrected chi connectivity index (χ2v) is 7.10. The summed E-state index contributed by atoms with van der Waals surface area (Å²) in [6.07, 6.45) is 1.81. The van der Waals surface area contributed by atoms with Gasteiger partial charge in [-0.25, -0.2) is 0 Å². The van der Waals surface area contributed by atoms with E-state index < -0.39 is 6.61 Å². The number of carbonyl (C=O) groups excluding carboxylic acids is 1. The van der Waals surface area contributed by atoms with Gasteiger partial charge < -0.3 is 19.5 Å². The topological polar surface area (TPSA) is 56.8 Å². The molecule has 0 aromatic heterocycles. The van der Waals surface area contributed by atoms with E-state index in [-0.39, 0.29) is 23.5 Å². The van der Waals surface area contributed by atoms with E-state index in [0.717, 1.165) is 29.7 Å². The van der Waals surface area contributed by atoms with Gasteiger partial charge in [0.15, 0.2) is 0 Å². The average Bonchev–Trinajstić information content (AvgIpc) is 2.74. The van der Waals surface area contributed by atoms with Crippen LogP contribution in [0.5, 0.6) is 11.5 Å². The van der Waals surface area contributed by atoms with Crippen molar-refractivity contribution in [2.45, 2.75) is 31.3 Å². The second-order valence-electron chi connectivity index (χ2n) is 7.10. The Morgan fingerprint density at radius 3 is 2.28 bits per heavy atom. The highest BCUT2D eigenvalue weighted by Gasteiger charge is 2.34. The number of halogens is 2. The smallest absolute Gasteiger partial charge is 0.387 e. The van der Waals surface area contributed by atoms with Crippen LogP contribution in [-0.4, -0.2) is 39.4 Å². The van der Waals surface area contributed by atoms with E-state index in [9.17, 15) is 13.6 Å². The molecule has 1 fully saturated rings. The number of hydrogen-bond donors (Lipinski definition) is 1. The van der Waals surface area contributed by atoms with Gasteiger partial charge in [0.1, 0.15) is 11.5 Å². The molecule has 3 rings (SSSR count). The standard InChI is InChI=1S/C22H25F2NO4/c1-27-18-8-4-17(5-9-18)22(10-12-28-13-11-22)15-25-20(26)14-16-2-6-19(7-3-16)29-21(23)24/h2-9,21H,10-15H2,1H3,(H,25,26). The molecule has 0 unspecified atom stereocenters. The van der Waals surface area contributed by atoms with Gasteiger partial charge in [-0.1, -0.05) is 24.3 Å². The normalized spacial score (nSPS) is 15.7. The van der Waals surface area contributed by atoms with Gasteiger partial charge in [0.25, 0.3) is 0 Å². The lowest BCUT2D eigenvalue weighted by Gasteiger charge is -2.38. The van der Waals surface area contributed by atoms with Crippen molar-refractivity contribution in [1.29, 1.82) is 0 Å². The molecule has 1 amide bonds. The Bertz CT molecular complexity index is 787. The van der Waals surface area contributed by atoms with Crippen molar-refractivity contribution in [2.24, 2.45) is 0 Å². The molecular formula is C22H25F2NO4. The molecule has 1 heterocycles. The predicted octanol–water partition coefficient (Wildman–Crippen LogP) is 3.70. The number of ether oxygens (including phenoxy) is 3. The van der Waals surface area contributed by atoms with Crippen LogP contribution in [0.2, 0.25) is 0 Å². The number of amides is 1. The summed E-state index contributed by atoms with van der Waals surface area (Å²) >= 11 is 0. The first kappa shape index (κ1) is 21.0. The maximum Gasteiger partial charge on any atom is 0.387 e. The van der Waals surface area contributed by atoms with Crippen LogP contribution < -0.4 is 14.8 Å². The lowest BCUT2D eigenvalue weighted by molar-refractivity contribution is -0.121. The molecule has 29 heavy (non-hydrogen) atoms. The van der Waals surface area contributed by atoms with E-state index in [0.29, 0.717) is 19.8 Å². The maximum absolute atomic E-state index is 12.5. The van der Waals surface area contributed by atoms with Crippen molar-refractivity contribution in [1.82, 2.24) is 5.32 Å². The fraction of sp³-hybridized carbons (Fsp3) is 0.409. The second kappa shape index (κ2) is 9.69. The molecule has 2 aromatic rings. The van der Waals surface area contributed by atoms with Crippen LogP contribution in [0.15, 0.2) is 48.5 Å². The minimum absolute atomic E-state index is 0.0739. The van der Waals surface area contributed by atoms with Crippen LogP contribution in [0, 0.1) is 0 Å². The molecule has 0 saturated carbocycles. The van der Waals surface area contributed by atoms with E-state index in [2.05, 4.69) is 10.1 Å². The van der Waals surface area contributed by atoms with E-state index in [1.807, 2.05) is 24.3 Å². The third kappa shape index (κ3) is 5.67. The van der Waals surface area contributed by atoms with Gasteiger partial charge in [0.2, 0.25) is 5.91 Å². The minimum atomic E-state index is -2.86. The Morgan fingerprint density at radius 1 is 1.07 bits per heavy atom. The average molecular weight is 405 g/mol. The first-order valence-corrected chi connectivity index (χ1v) is 9.53. The van der Waals surface area contributed by atoms with Crippen molar-refractivity contribution >= 4 is 5.91 Å². The van der Waals surface area contributed by atoms with Gasteiger partial charge in [-0.15, -0.1) is 0 Å². The Morgan fingerprint density at radius 2 is 1.69 bits per heavy atom. The van der Waals surface area contributed by atoms with Crippen LogP contribution in [0.25, 0.3) is 0 Å². The summed E-state index contributed by atoms with van der Waals surface area (Å²) in [5.41, 5.74) is 1.69. The number of alkyl halides is 2. The fourth-order valence-electron chi connectivity index (χ4n) is 3.58. The number of carbonyl (C=O) groups is 1. The number of benzene rings is 2. The third-order valence-electron chi connectivity index (χ3n) is 5.29. The zero-order valence-electron chi connectivity index (χ0n) is 16.3. The molecule has 5 nitrogen and oxygen atoms in total. The lowest BCUT2D eigenvalue weighted by atomic mass is 9.74.